The highest BCUT2D eigenvalue weighted by Gasteiger charge is 2.19. The van der Waals surface area contributed by atoms with Crippen LogP contribution in [0.2, 0.25) is 15.1 Å². The van der Waals surface area contributed by atoms with Crippen molar-refractivity contribution in [1.82, 2.24) is 9.78 Å². The molecule has 8 heteroatoms. The molecule has 5 nitrogen and oxygen atoms in total. The zero-order valence-corrected chi connectivity index (χ0v) is 15.4. The van der Waals surface area contributed by atoms with E-state index in [1.807, 2.05) is 0 Å². The average molecular weight is 410 g/mol. The second-order valence-corrected chi connectivity index (χ2v) is 6.69. The van der Waals surface area contributed by atoms with E-state index < -0.39 is 5.78 Å². The minimum absolute atomic E-state index is 0.00864. The SMILES string of the molecule is O=C(c1ccc(O)c(Cn2ncccc2=O)c1)c1c(Cl)cc(Cl)cc1Cl. The van der Waals surface area contributed by atoms with Gasteiger partial charge in [-0.05, 0) is 36.4 Å². The fourth-order valence-electron chi connectivity index (χ4n) is 2.42. The summed E-state index contributed by atoms with van der Waals surface area (Å²) in [6.07, 6.45) is 1.46. The third kappa shape index (κ3) is 3.75. The van der Waals surface area contributed by atoms with Crippen LogP contribution in [0.3, 0.4) is 0 Å². The number of benzene rings is 2. The van der Waals surface area contributed by atoms with Crippen molar-refractivity contribution in [2.75, 3.05) is 0 Å². The molecule has 0 aliphatic heterocycles. The summed E-state index contributed by atoms with van der Waals surface area (Å²) < 4.78 is 1.17. The molecule has 3 rings (SSSR count). The first-order valence-electron chi connectivity index (χ1n) is 7.40. The minimum atomic E-state index is -0.425. The fraction of sp³-hybridized carbons (Fsp3) is 0.0556. The Balaban J connectivity index is 2.01. The van der Waals surface area contributed by atoms with E-state index in [9.17, 15) is 14.7 Å². The number of nitrogens with zero attached hydrogens (tertiary/aromatic N) is 2. The quantitative estimate of drug-likeness (QED) is 0.656. The Morgan fingerprint density at radius 2 is 1.77 bits per heavy atom. The van der Waals surface area contributed by atoms with Gasteiger partial charge in [0, 0.05) is 28.4 Å². The Morgan fingerprint density at radius 1 is 1.08 bits per heavy atom. The molecule has 0 aliphatic carbocycles. The lowest BCUT2D eigenvalue weighted by Crippen LogP contribution is -2.21. The molecule has 1 N–H and O–H groups in total. The fourth-order valence-corrected chi connectivity index (χ4v) is 3.41. The molecular weight excluding hydrogens is 399 g/mol. The molecular formula is C18H11Cl3N2O3. The second-order valence-electron chi connectivity index (χ2n) is 5.44. The molecule has 0 spiro atoms. The molecule has 1 aromatic heterocycles. The Kier molecular flexibility index (Phi) is 5.32. The number of hydrogen-bond acceptors (Lipinski definition) is 4. The number of hydrogen-bond donors (Lipinski definition) is 1. The number of phenols is 1. The molecule has 0 amide bonds. The van der Waals surface area contributed by atoms with Crippen LogP contribution in [0.15, 0.2) is 53.5 Å². The van der Waals surface area contributed by atoms with Crippen LogP contribution in [0.25, 0.3) is 0 Å². The summed E-state index contributed by atoms with van der Waals surface area (Å²) in [4.78, 5) is 24.6. The van der Waals surface area contributed by atoms with Gasteiger partial charge in [-0.2, -0.15) is 5.10 Å². The van der Waals surface area contributed by atoms with Crippen LogP contribution in [0.1, 0.15) is 21.5 Å². The molecule has 2 aromatic carbocycles. The monoisotopic (exact) mass is 408 g/mol. The Labute approximate surface area is 163 Å². The maximum absolute atomic E-state index is 12.8. The van der Waals surface area contributed by atoms with Crippen molar-refractivity contribution < 1.29 is 9.90 Å². The summed E-state index contributed by atoms with van der Waals surface area (Å²) in [5.41, 5.74) is 0.405. The molecule has 0 saturated heterocycles. The van der Waals surface area contributed by atoms with Crippen LogP contribution in [0.4, 0.5) is 0 Å². The minimum Gasteiger partial charge on any atom is -0.508 e. The maximum Gasteiger partial charge on any atom is 0.267 e. The Morgan fingerprint density at radius 3 is 2.42 bits per heavy atom. The predicted molar refractivity (Wildman–Crippen MR) is 101 cm³/mol. The first kappa shape index (κ1) is 18.5. The van der Waals surface area contributed by atoms with Gasteiger partial charge in [-0.15, -0.1) is 0 Å². The third-order valence-corrected chi connectivity index (χ3v) is 4.50. The zero-order chi connectivity index (χ0) is 18.8. The van der Waals surface area contributed by atoms with Crippen molar-refractivity contribution in [3.8, 4) is 5.75 Å². The summed E-state index contributed by atoms with van der Waals surface area (Å²) in [6.45, 7) is 0.00864. The van der Waals surface area contributed by atoms with E-state index in [-0.39, 0.29) is 39.0 Å². The summed E-state index contributed by atoms with van der Waals surface area (Å²) in [7, 11) is 0. The summed E-state index contributed by atoms with van der Waals surface area (Å²) in [5.74, 6) is -0.487. The number of phenolic OH excluding ortho intramolecular Hbond substituents is 1. The van der Waals surface area contributed by atoms with Gasteiger partial charge in [-0.3, -0.25) is 9.59 Å². The number of aromatic nitrogens is 2. The highest BCUT2D eigenvalue weighted by molar-refractivity contribution is 6.43. The van der Waals surface area contributed by atoms with E-state index in [0.29, 0.717) is 10.6 Å². The summed E-state index contributed by atoms with van der Waals surface area (Å²) in [6, 6.07) is 10.0. The van der Waals surface area contributed by atoms with Crippen LogP contribution in [0.5, 0.6) is 5.75 Å². The largest absolute Gasteiger partial charge is 0.508 e. The number of aromatic hydroxyl groups is 1. The highest BCUT2D eigenvalue weighted by Crippen LogP contribution is 2.31. The summed E-state index contributed by atoms with van der Waals surface area (Å²) in [5, 5.41) is 14.6. The van der Waals surface area contributed by atoms with Gasteiger partial charge in [-0.1, -0.05) is 34.8 Å². The van der Waals surface area contributed by atoms with E-state index >= 15 is 0 Å². The van der Waals surface area contributed by atoms with Crippen molar-refractivity contribution in [2.45, 2.75) is 6.54 Å². The topological polar surface area (TPSA) is 72.2 Å². The third-order valence-electron chi connectivity index (χ3n) is 3.68. The number of carbonyl (C=O) groups excluding carboxylic acids is 1. The van der Waals surface area contributed by atoms with E-state index in [1.54, 1.807) is 0 Å². The number of ketones is 1. The number of carbonyl (C=O) groups is 1. The molecule has 0 bridgehead atoms. The van der Waals surface area contributed by atoms with Gasteiger partial charge >= 0.3 is 0 Å². The van der Waals surface area contributed by atoms with Gasteiger partial charge in [0.15, 0.2) is 5.78 Å². The maximum atomic E-state index is 12.8. The van der Waals surface area contributed by atoms with Crippen molar-refractivity contribution >= 4 is 40.6 Å². The molecule has 0 unspecified atom stereocenters. The number of halogens is 3. The smallest absolute Gasteiger partial charge is 0.267 e. The van der Waals surface area contributed by atoms with Gasteiger partial charge < -0.3 is 5.11 Å². The van der Waals surface area contributed by atoms with Crippen LogP contribution in [-0.2, 0) is 6.54 Å². The molecule has 3 aromatic rings. The van der Waals surface area contributed by atoms with Crippen LogP contribution in [-0.4, -0.2) is 20.7 Å². The van der Waals surface area contributed by atoms with Crippen molar-refractivity contribution in [3.05, 3.63) is 90.8 Å². The second kappa shape index (κ2) is 7.50. The van der Waals surface area contributed by atoms with Gasteiger partial charge in [-0.25, -0.2) is 4.68 Å². The van der Waals surface area contributed by atoms with Crippen LogP contribution >= 0.6 is 34.8 Å². The molecule has 0 radical (unpaired) electrons. The molecule has 0 atom stereocenters. The van der Waals surface area contributed by atoms with Gasteiger partial charge in [0.05, 0.1) is 22.2 Å². The van der Waals surface area contributed by atoms with Crippen molar-refractivity contribution in [1.29, 1.82) is 0 Å². The molecule has 26 heavy (non-hydrogen) atoms. The van der Waals surface area contributed by atoms with Gasteiger partial charge in [0.2, 0.25) is 0 Å². The number of rotatable bonds is 4. The van der Waals surface area contributed by atoms with Crippen molar-refractivity contribution in [2.24, 2.45) is 0 Å². The molecule has 1 heterocycles. The lowest BCUT2D eigenvalue weighted by molar-refractivity contribution is 0.103. The highest BCUT2D eigenvalue weighted by atomic mass is 35.5. The van der Waals surface area contributed by atoms with Gasteiger partial charge in [0.25, 0.3) is 5.56 Å². The predicted octanol–water partition coefficient (Wildman–Crippen LogP) is 4.19. The Bertz CT molecular complexity index is 1040. The van der Waals surface area contributed by atoms with Crippen molar-refractivity contribution in [3.63, 3.8) is 0 Å². The first-order valence-corrected chi connectivity index (χ1v) is 8.53. The molecule has 0 saturated carbocycles. The Hall–Kier alpha value is -2.34. The lowest BCUT2D eigenvalue weighted by Gasteiger charge is -2.10. The van der Waals surface area contributed by atoms with E-state index in [0.717, 1.165) is 0 Å². The van der Waals surface area contributed by atoms with Crippen LogP contribution in [0, 0.1) is 0 Å². The normalized spacial score (nSPS) is 10.7. The van der Waals surface area contributed by atoms with E-state index in [4.69, 9.17) is 34.8 Å². The molecule has 0 fully saturated rings. The van der Waals surface area contributed by atoms with Gasteiger partial charge in [0.1, 0.15) is 5.75 Å². The summed E-state index contributed by atoms with van der Waals surface area (Å²) >= 11 is 18.1. The lowest BCUT2D eigenvalue weighted by atomic mass is 10.0. The average Bonchev–Trinajstić information content (AvgIpc) is 2.57. The first-order chi connectivity index (χ1) is 12.4. The van der Waals surface area contributed by atoms with Crippen LogP contribution < -0.4 is 5.56 Å². The standard InChI is InChI=1S/C18H11Cl3N2O3/c19-12-7-13(20)17(14(21)8-12)18(26)10-3-4-15(24)11(6-10)9-23-16(25)2-1-5-22-23/h1-8,24H,9H2. The molecule has 132 valence electrons. The zero-order valence-electron chi connectivity index (χ0n) is 13.1. The van der Waals surface area contributed by atoms with E-state index in [2.05, 4.69) is 5.10 Å². The van der Waals surface area contributed by atoms with E-state index in [1.165, 1.54) is 53.3 Å². The molecule has 0 aliphatic rings.